The van der Waals surface area contributed by atoms with E-state index in [1.54, 1.807) is 12.1 Å². The van der Waals surface area contributed by atoms with E-state index in [9.17, 15) is 14.0 Å². The first-order chi connectivity index (χ1) is 10.5. The quantitative estimate of drug-likeness (QED) is 0.898. The lowest BCUT2D eigenvalue weighted by molar-refractivity contribution is -0.142. The number of carbonyl (C=O) groups is 2. The van der Waals surface area contributed by atoms with Gasteiger partial charge in [0.15, 0.2) is 0 Å². The van der Waals surface area contributed by atoms with Crippen molar-refractivity contribution in [3.63, 3.8) is 0 Å². The predicted octanol–water partition coefficient (Wildman–Crippen LogP) is 2.62. The molecule has 0 atom stereocenters. The van der Waals surface area contributed by atoms with E-state index in [1.165, 1.54) is 12.1 Å². The van der Waals surface area contributed by atoms with Crippen LogP contribution in [-0.4, -0.2) is 23.0 Å². The van der Waals surface area contributed by atoms with Crippen LogP contribution in [0.1, 0.15) is 44.1 Å². The molecule has 0 aromatic heterocycles. The number of carbonyl (C=O) groups excluding carboxylic acids is 1. The molecule has 2 aliphatic rings. The molecule has 1 aromatic rings. The molecule has 2 aliphatic carbocycles. The van der Waals surface area contributed by atoms with Gasteiger partial charge in [-0.3, -0.25) is 9.59 Å². The molecular weight excluding hydrogens is 285 g/mol. The van der Waals surface area contributed by atoms with Gasteiger partial charge in [-0.2, -0.15) is 0 Å². The molecule has 1 amide bonds. The lowest BCUT2D eigenvalue weighted by Gasteiger charge is -2.28. The van der Waals surface area contributed by atoms with Crippen molar-refractivity contribution in [3.8, 4) is 0 Å². The van der Waals surface area contributed by atoms with E-state index in [-0.39, 0.29) is 23.7 Å². The minimum absolute atomic E-state index is 0.0362. The Kier molecular flexibility index (Phi) is 3.89. The Hall–Kier alpha value is -1.91. The van der Waals surface area contributed by atoms with Crippen LogP contribution in [-0.2, 0) is 15.0 Å². The second-order valence-corrected chi connectivity index (χ2v) is 6.45. The number of halogens is 1. The molecule has 1 aromatic carbocycles. The van der Waals surface area contributed by atoms with E-state index in [0.29, 0.717) is 25.7 Å². The standard InChI is InChI=1S/C17H20FNO3/c18-13-3-1-2-12(10-13)17(8-9-17)16(22)19-14-6-4-11(5-7-14)15(20)21/h1-3,10-11,14H,4-9H2,(H,19,22)(H,20,21). The SMILES string of the molecule is O=C(O)C1CCC(NC(=O)C2(c3cccc(F)c3)CC2)CC1. The van der Waals surface area contributed by atoms with E-state index in [1.807, 2.05) is 0 Å². The summed E-state index contributed by atoms with van der Waals surface area (Å²) in [6.07, 6.45) is 4.09. The highest BCUT2D eigenvalue weighted by Gasteiger charge is 2.51. The normalized spacial score (nSPS) is 26.2. The van der Waals surface area contributed by atoms with Gasteiger partial charge in [-0.1, -0.05) is 12.1 Å². The molecule has 2 N–H and O–H groups in total. The summed E-state index contributed by atoms with van der Waals surface area (Å²) in [6.45, 7) is 0. The van der Waals surface area contributed by atoms with Crippen LogP contribution < -0.4 is 5.32 Å². The smallest absolute Gasteiger partial charge is 0.306 e. The van der Waals surface area contributed by atoms with Crippen molar-refractivity contribution < 1.29 is 19.1 Å². The Balaban J connectivity index is 1.62. The molecule has 118 valence electrons. The number of amides is 1. The summed E-state index contributed by atoms with van der Waals surface area (Å²) in [5, 5.41) is 12.0. The minimum Gasteiger partial charge on any atom is -0.481 e. The van der Waals surface area contributed by atoms with E-state index in [4.69, 9.17) is 5.11 Å². The van der Waals surface area contributed by atoms with Crippen LogP contribution in [0, 0.1) is 11.7 Å². The summed E-state index contributed by atoms with van der Waals surface area (Å²) >= 11 is 0. The summed E-state index contributed by atoms with van der Waals surface area (Å²) in [5.41, 5.74) is 0.162. The summed E-state index contributed by atoms with van der Waals surface area (Å²) in [6, 6.07) is 6.29. The van der Waals surface area contributed by atoms with Gasteiger partial charge in [0.25, 0.3) is 0 Å². The van der Waals surface area contributed by atoms with Crippen LogP contribution in [0.15, 0.2) is 24.3 Å². The van der Waals surface area contributed by atoms with Gasteiger partial charge < -0.3 is 10.4 Å². The Bertz CT molecular complexity index is 589. The summed E-state index contributed by atoms with van der Waals surface area (Å²) in [4.78, 5) is 23.5. The number of nitrogens with one attached hydrogen (secondary N) is 1. The molecule has 0 bridgehead atoms. The number of hydrogen-bond acceptors (Lipinski definition) is 2. The summed E-state index contributed by atoms with van der Waals surface area (Å²) in [7, 11) is 0. The first kappa shape index (κ1) is 15.0. The third-order valence-corrected chi connectivity index (χ3v) is 4.97. The summed E-state index contributed by atoms with van der Waals surface area (Å²) in [5.74, 6) is -1.40. The number of hydrogen-bond donors (Lipinski definition) is 2. The van der Waals surface area contributed by atoms with Gasteiger partial charge in [-0.25, -0.2) is 4.39 Å². The molecule has 0 radical (unpaired) electrons. The van der Waals surface area contributed by atoms with Crippen LogP contribution in [0.4, 0.5) is 4.39 Å². The van der Waals surface area contributed by atoms with Crippen LogP contribution in [0.2, 0.25) is 0 Å². The number of aliphatic carboxylic acids is 1. The number of rotatable bonds is 4. The number of carboxylic acids is 1. The van der Waals surface area contributed by atoms with Crippen LogP contribution in [0.3, 0.4) is 0 Å². The lowest BCUT2D eigenvalue weighted by Crippen LogP contribution is -2.43. The topological polar surface area (TPSA) is 66.4 Å². The summed E-state index contributed by atoms with van der Waals surface area (Å²) < 4.78 is 13.4. The Labute approximate surface area is 128 Å². The van der Waals surface area contributed by atoms with Gasteiger partial charge in [-0.05, 0) is 56.2 Å². The molecule has 22 heavy (non-hydrogen) atoms. The molecule has 0 unspecified atom stereocenters. The largest absolute Gasteiger partial charge is 0.481 e. The molecule has 3 rings (SSSR count). The maximum absolute atomic E-state index is 13.4. The zero-order chi connectivity index (χ0) is 15.7. The van der Waals surface area contributed by atoms with E-state index in [0.717, 1.165) is 18.4 Å². The highest BCUT2D eigenvalue weighted by atomic mass is 19.1. The van der Waals surface area contributed by atoms with Gasteiger partial charge in [0.05, 0.1) is 11.3 Å². The number of carboxylic acid groups (broad SMARTS) is 1. The average molecular weight is 305 g/mol. The molecule has 0 spiro atoms. The van der Waals surface area contributed by atoms with Crippen molar-refractivity contribution in [3.05, 3.63) is 35.6 Å². The monoisotopic (exact) mass is 305 g/mol. The first-order valence-electron chi connectivity index (χ1n) is 7.81. The van der Waals surface area contributed by atoms with Crippen molar-refractivity contribution in [2.24, 2.45) is 5.92 Å². The van der Waals surface area contributed by atoms with Crippen molar-refractivity contribution in [2.45, 2.75) is 50.0 Å². The molecule has 2 saturated carbocycles. The van der Waals surface area contributed by atoms with Crippen molar-refractivity contribution in [1.29, 1.82) is 0 Å². The highest BCUT2D eigenvalue weighted by Crippen LogP contribution is 2.48. The lowest BCUT2D eigenvalue weighted by atomic mass is 9.85. The third kappa shape index (κ3) is 2.85. The van der Waals surface area contributed by atoms with Crippen LogP contribution in [0.5, 0.6) is 0 Å². The number of benzene rings is 1. The van der Waals surface area contributed by atoms with E-state index >= 15 is 0 Å². The minimum atomic E-state index is -0.747. The third-order valence-electron chi connectivity index (χ3n) is 4.97. The fraction of sp³-hybridized carbons (Fsp3) is 0.529. The molecular formula is C17H20FNO3. The van der Waals surface area contributed by atoms with Gasteiger partial charge >= 0.3 is 5.97 Å². The molecule has 0 heterocycles. The molecule has 0 saturated heterocycles. The molecule has 0 aliphatic heterocycles. The molecule has 2 fully saturated rings. The van der Waals surface area contributed by atoms with Crippen LogP contribution in [0.25, 0.3) is 0 Å². The van der Waals surface area contributed by atoms with Crippen molar-refractivity contribution in [2.75, 3.05) is 0 Å². The first-order valence-corrected chi connectivity index (χ1v) is 7.81. The Morgan fingerprint density at radius 2 is 1.86 bits per heavy atom. The highest BCUT2D eigenvalue weighted by molar-refractivity contribution is 5.91. The van der Waals surface area contributed by atoms with Gasteiger partial charge in [0.2, 0.25) is 5.91 Å². The van der Waals surface area contributed by atoms with Crippen molar-refractivity contribution >= 4 is 11.9 Å². The zero-order valence-electron chi connectivity index (χ0n) is 12.3. The second kappa shape index (κ2) is 5.71. The van der Waals surface area contributed by atoms with Crippen molar-refractivity contribution in [1.82, 2.24) is 5.32 Å². The Morgan fingerprint density at radius 3 is 2.41 bits per heavy atom. The average Bonchev–Trinajstić information content (AvgIpc) is 3.29. The maximum atomic E-state index is 13.4. The Morgan fingerprint density at radius 1 is 1.18 bits per heavy atom. The maximum Gasteiger partial charge on any atom is 0.306 e. The van der Waals surface area contributed by atoms with Gasteiger partial charge in [-0.15, -0.1) is 0 Å². The fourth-order valence-electron chi connectivity index (χ4n) is 3.37. The predicted molar refractivity (Wildman–Crippen MR) is 78.8 cm³/mol. The van der Waals surface area contributed by atoms with Gasteiger partial charge in [0, 0.05) is 6.04 Å². The molecule has 4 nitrogen and oxygen atoms in total. The van der Waals surface area contributed by atoms with Crippen LogP contribution >= 0.6 is 0 Å². The van der Waals surface area contributed by atoms with E-state index < -0.39 is 11.4 Å². The van der Waals surface area contributed by atoms with Gasteiger partial charge in [0.1, 0.15) is 5.82 Å². The fourth-order valence-corrected chi connectivity index (χ4v) is 3.37. The second-order valence-electron chi connectivity index (χ2n) is 6.45. The zero-order valence-corrected chi connectivity index (χ0v) is 12.3. The molecule has 5 heteroatoms. The van der Waals surface area contributed by atoms with E-state index in [2.05, 4.69) is 5.32 Å².